The van der Waals surface area contributed by atoms with Crippen molar-refractivity contribution in [2.75, 3.05) is 7.11 Å². The molecule has 0 spiro atoms. The van der Waals surface area contributed by atoms with Crippen LogP contribution in [0.4, 0.5) is 0 Å². The van der Waals surface area contributed by atoms with Gasteiger partial charge in [-0.25, -0.2) is 4.79 Å². The molecule has 0 aromatic carbocycles. The largest absolute Gasteiger partial charge is 0.466 e. The van der Waals surface area contributed by atoms with E-state index in [0.717, 1.165) is 19.3 Å². The van der Waals surface area contributed by atoms with E-state index in [1.165, 1.54) is 26.0 Å². The second-order valence-corrected chi connectivity index (χ2v) is 8.16. The highest BCUT2D eigenvalue weighted by Gasteiger charge is 2.57. The number of rotatable bonds is 2. The van der Waals surface area contributed by atoms with Crippen molar-refractivity contribution in [1.29, 1.82) is 0 Å². The predicted octanol–water partition coefficient (Wildman–Crippen LogP) is 3.71. The summed E-state index contributed by atoms with van der Waals surface area (Å²) in [6, 6.07) is 0. The van der Waals surface area contributed by atoms with Gasteiger partial charge in [0.1, 0.15) is 0 Å². The van der Waals surface area contributed by atoms with Gasteiger partial charge in [0.05, 0.1) is 12.7 Å². The molecule has 0 aromatic heterocycles. The van der Waals surface area contributed by atoms with E-state index in [2.05, 4.69) is 20.8 Å². The summed E-state index contributed by atoms with van der Waals surface area (Å²) in [5, 5.41) is 10.9. The summed E-state index contributed by atoms with van der Waals surface area (Å²) in [6.07, 6.45) is 8.83. The zero-order valence-corrected chi connectivity index (χ0v) is 14.1. The van der Waals surface area contributed by atoms with Crippen molar-refractivity contribution in [3.63, 3.8) is 0 Å². The van der Waals surface area contributed by atoms with Crippen molar-refractivity contribution in [2.45, 2.75) is 65.4 Å². The molecule has 0 aromatic rings. The Hall–Kier alpha value is -0.830. The van der Waals surface area contributed by atoms with Gasteiger partial charge in [-0.2, -0.15) is 0 Å². The van der Waals surface area contributed by atoms with Crippen molar-refractivity contribution in [1.82, 2.24) is 0 Å². The normalized spacial score (nSPS) is 42.6. The van der Waals surface area contributed by atoms with E-state index in [0.29, 0.717) is 11.3 Å². The SMILES string of the molecule is COC(=O)/C=C/[C@@H]1[C@@]2(C)CCCC(C)(C)[C@@H]2CC[C@@]1(C)O. The first-order valence-corrected chi connectivity index (χ1v) is 8.12. The Labute approximate surface area is 128 Å². The molecule has 0 saturated heterocycles. The van der Waals surface area contributed by atoms with Crippen LogP contribution in [0.5, 0.6) is 0 Å². The summed E-state index contributed by atoms with van der Waals surface area (Å²) in [6.45, 7) is 8.94. The molecule has 2 aliphatic carbocycles. The summed E-state index contributed by atoms with van der Waals surface area (Å²) >= 11 is 0. The first kappa shape index (κ1) is 16.5. The van der Waals surface area contributed by atoms with Crippen LogP contribution in [0.3, 0.4) is 0 Å². The Morgan fingerprint density at radius 2 is 1.86 bits per heavy atom. The molecule has 0 unspecified atom stereocenters. The Kier molecular flexibility index (Phi) is 4.27. The van der Waals surface area contributed by atoms with Crippen molar-refractivity contribution >= 4 is 5.97 Å². The van der Waals surface area contributed by atoms with Gasteiger partial charge >= 0.3 is 5.97 Å². The van der Waals surface area contributed by atoms with E-state index in [4.69, 9.17) is 4.74 Å². The molecule has 4 atom stereocenters. The van der Waals surface area contributed by atoms with Crippen molar-refractivity contribution < 1.29 is 14.6 Å². The standard InChI is InChI=1S/C18H30O3/c1-16(2)10-6-11-17(3)13(16)9-12-18(4,20)14(17)7-8-15(19)21-5/h7-8,13-14,20H,6,9-12H2,1-5H3/b8-7+/t13-,14+,17-,18+/m0/s1. The number of ether oxygens (including phenoxy) is 1. The fourth-order valence-electron chi connectivity index (χ4n) is 5.23. The van der Waals surface area contributed by atoms with E-state index in [1.807, 2.05) is 13.0 Å². The highest BCUT2D eigenvalue weighted by Crippen LogP contribution is 2.62. The van der Waals surface area contributed by atoms with Gasteiger partial charge in [-0.15, -0.1) is 0 Å². The van der Waals surface area contributed by atoms with Crippen LogP contribution in [0.1, 0.15) is 59.8 Å². The summed E-state index contributed by atoms with van der Waals surface area (Å²) in [5.41, 5.74) is -0.391. The maximum Gasteiger partial charge on any atom is 0.330 e. The number of fused-ring (bicyclic) bond motifs is 1. The quantitative estimate of drug-likeness (QED) is 0.624. The van der Waals surface area contributed by atoms with Crippen LogP contribution in [0, 0.1) is 22.7 Å². The van der Waals surface area contributed by atoms with Crippen molar-refractivity contribution in [3.8, 4) is 0 Å². The zero-order chi connectivity index (χ0) is 15.9. The molecule has 1 N–H and O–H groups in total. The molecule has 0 amide bonds. The monoisotopic (exact) mass is 294 g/mol. The van der Waals surface area contributed by atoms with E-state index in [-0.39, 0.29) is 17.3 Å². The lowest BCUT2D eigenvalue weighted by molar-refractivity contribution is -0.149. The number of methoxy groups -OCH3 is 1. The lowest BCUT2D eigenvalue weighted by Crippen LogP contribution is -2.56. The zero-order valence-electron chi connectivity index (χ0n) is 14.1. The average molecular weight is 294 g/mol. The van der Waals surface area contributed by atoms with Gasteiger partial charge in [0.2, 0.25) is 0 Å². The van der Waals surface area contributed by atoms with Crippen molar-refractivity contribution in [3.05, 3.63) is 12.2 Å². The molecule has 0 heterocycles. The molecule has 2 aliphatic rings. The fraction of sp³-hybridized carbons (Fsp3) is 0.833. The smallest absolute Gasteiger partial charge is 0.330 e. The number of aliphatic hydroxyl groups is 1. The van der Waals surface area contributed by atoms with Crippen LogP contribution in [-0.4, -0.2) is 23.8 Å². The van der Waals surface area contributed by atoms with E-state index in [1.54, 1.807) is 0 Å². The Balaban J connectivity index is 2.37. The molecular formula is C18H30O3. The second kappa shape index (κ2) is 5.42. The summed E-state index contributed by atoms with van der Waals surface area (Å²) < 4.78 is 4.71. The Morgan fingerprint density at radius 3 is 2.48 bits per heavy atom. The Bertz CT molecular complexity index is 436. The highest BCUT2D eigenvalue weighted by molar-refractivity contribution is 5.81. The number of carbonyl (C=O) groups excluding carboxylic acids is 1. The van der Waals surface area contributed by atoms with Crippen LogP contribution in [-0.2, 0) is 9.53 Å². The fourth-order valence-corrected chi connectivity index (χ4v) is 5.23. The number of hydrogen-bond acceptors (Lipinski definition) is 3. The second-order valence-electron chi connectivity index (χ2n) is 8.16. The van der Waals surface area contributed by atoms with E-state index in [9.17, 15) is 9.90 Å². The third kappa shape index (κ3) is 2.90. The predicted molar refractivity (Wildman–Crippen MR) is 83.7 cm³/mol. The lowest BCUT2D eigenvalue weighted by atomic mass is 9.45. The minimum absolute atomic E-state index is 0.00225. The molecule has 0 radical (unpaired) electrons. The van der Waals surface area contributed by atoms with Gasteiger partial charge in [-0.3, -0.25) is 0 Å². The third-order valence-electron chi connectivity index (χ3n) is 6.22. The molecule has 0 bridgehead atoms. The minimum Gasteiger partial charge on any atom is -0.466 e. The summed E-state index contributed by atoms with van der Waals surface area (Å²) in [4.78, 5) is 11.5. The molecule has 3 heteroatoms. The molecular weight excluding hydrogens is 264 g/mol. The van der Waals surface area contributed by atoms with Gasteiger partial charge in [-0.1, -0.05) is 33.3 Å². The van der Waals surface area contributed by atoms with Crippen LogP contribution in [0.15, 0.2) is 12.2 Å². The average Bonchev–Trinajstić information content (AvgIpc) is 2.35. The van der Waals surface area contributed by atoms with Gasteiger partial charge in [0.15, 0.2) is 0 Å². The van der Waals surface area contributed by atoms with Crippen LogP contribution in [0.2, 0.25) is 0 Å². The molecule has 21 heavy (non-hydrogen) atoms. The van der Waals surface area contributed by atoms with E-state index < -0.39 is 5.60 Å². The minimum atomic E-state index is -0.747. The first-order valence-electron chi connectivity index (χ1n) is 8.12. The lowest BCUT2D eigenvalue weighted by Gasteiger charge is -2.60. The first-order chi connectivity index (χ1) is 9.63. The molecule has 3 nitrogen and oxygen atoms in total. The van der Waals surface area contributed by atoms with Crippen molar-refractivity contribution in [2.24, 2.45) is 22.7 Å². The topological polar surface area (TPSA) is 46.5 Å². The van der Waals surface area contributed by atoms with Crippen LogP contribution in [0.25, 0.3) is 0 Å². The molecule has 2 saturated carbocycles. The third-order valence-corrected chi connectivity index (χ3v) is 6.22. The molecule has 2 fully saturated rings. The van der Waals surface area contributed by atoms with Gasteiger partial charge < -0.3 is 9.84 Å². The maximum atomic E-state index is 11.5. The number of carbonyl (C=O) groups is 1. The van der Waals surface area contributed by atoms with Gasteiger partial charge in [0, 0.05) is 12.0 Å². The molecule has 0 aliphatic heterocycles. The van der Waals surface area contributed by atoms with Crippen LogP contribution >= 0.6 is 0 Å². The van der Waals surface area contributed by atoms with Crippen LogP contribution < -0.4 is 0 Å². The molecule has 2 rings (SSSR count). The highest BCUT2D eigenvalue weighted by atomic mass is 16.5. The Morgan fingerprint density at radius 1 is 1.19 bits per heavy atom. The summed E-state index contributed by atoms with van der Waals surface area (Å²) in [7, 11) is 1.39. The number of esters is 1. The van der Waals surface area contributed by atoms with Gasteiger partial charge in [0.25, 0.3) is 0 Å². The maximum absolute atomic E-state index is 11.5. The van der Waals surface area contributed by atoms with E-state index >= 15 is 0 Å². The van der Waals surface area contributed by atoms with Gasteiger partial charge in [-0.05, 0) is 49.4 Å². The molecule has 120 valence electrons. The number of hydrogen-bond donors (Lipinski definition) is 1. The summed E-state index contributed by atoms with van der Waals surface area (Å²) in [5.74, 6) is 0.250.